The summed E-state index contributed by atoms with van der Waals surface area (Å²) in [5.41, 5.74) is 2.39. The van der Waals surface area contributed by atoms with Gasteiger partial charge in [0.2, 0.25) is 0 Å². The Hall–Kier alpha value is -1.42. The lowest BCUT2D eigenvalue weighted by molar-refractivity contribution is -0.147. The lowest BCUT2D eigenvalue weighted by Gasteiger charge is -2.36. The third-order valence-electron chi connectivity index (χ3n) is 2.84. The first kappa shape index (κ1) is 10.1. The van der Waals surface area contributed by atoms with Crippen molar-refractivity contribution in [3.63, 3.8) is 0 Å². The number of carboxylic acid groups (broad SMARTS) is 1. The summed E-state index contributed by atoms with van der Waals surface area (Å²) in [7, 11) is 0. The highest BCUT2D eigenvalue weighted by atomic mass is 16.4. The number of nitrogens with zero attached hydrogens (tertiary/aromatic N) is 2. The first-order valence-corrected chi connectivity index (χ1v) is 5.01. The van der Waals surface area contributed by atoms with Gasteiger partial charge in [0.1, 0.15) is 0 Å². The molecule has 15 heavy (non-hydrogen) atoms. The van der Waals surface area contributed by atoms with Gasteiger partial charge >= 0.3 is 5.97 Å². The van der Waals surface area contributed by atoms with Crippen molar-refractivity contribution in [1.82, 2.24) is 9.88 Å². The van der Waals surface area contributed by atoms with Crippen molar-refractivity contribution in [2.45, 2.75) is 13.5 Å². The molecule has 0 aromatic carbocycles. The average Bonchev–Trinajstić information content (AvgIpc) is 2.12. The van der Waals surface area contributed by atoms with E-state index in [1.54, 1.807) is 6.20 Å². The predicted octanol–water partition coefficient (Wildman–Crippen LogP) is 0.906. The maximum absolute atomic E-state index is 10.6. The van der Waals surface area contributed by atoms with Crippen molar-refractivity contribution in [2.24, 2.45) is 5.92 Å². The molecule has 2 rings (SSSR count). The van der Waals surface area contributed by atoms with Gasteiger partial charge in [0.15, 0.2) is 0 Å². The fraction of sp³-hybridized carbons (Fsp3) is 0.455. The molecular weight excluding hydrogens is 192 g/mol. The van der Waals surface area contributed by atoms with Crippen molar-refractivity contribution in [1.29, 1.82) is 0 Å². The van der Waals surface area contributed by atoms with E-state index < -0.39 is 5.97 Å². The first-order chi connectivity index (χ1) is 7.16. The van der Waals surface area contributed by atoms with Gasteiger partial charge in [-0.2, -0.15) is 0 Å². The smallest absolute Gasteiger partial charge is 0.309 e. The molecule has 1 N–H and O–H groups in total. The zero-order valence-electron chi connectivity index (χ0n) is 8.68. The molecule has 1 aromatic heterocycles. The van der Waals surface area contributed by atoms with Crippen LogP contribution in [0.2, 0.25) is 0 Å². The van der Waals surface area contributed by atoms with E-state index in [0.717, 1.165) is 12.1 Å². The van der Waals surface area contributed by atoms with Crippen LogP contribution in [-0.4, -0.2) is 34.0 Å². The molecule has 1 fully saturated rings. The number of hydrogen-bond acceptors (Lipinski definition) is 3. The summed E-state index contributed by atoms with van der Waals surface area (Å²) in [6, 6.07) is 1.99. The summed E-state index contributed by atoms with van der Waals surface area (Å²) >= 11 is 0. The van der Waals surface area contributed by atoms with Crippen LogP contribution in [0.1, 0.15) is 11.1 Å². The van der Waals surface area contributed by atoms with Gasteiger partial charge in [-0.05, 0) is 24.1 Å². The second kappa shape index (κ2) is 3.98. The van der Waals surface area contributed by atoms with E-state index in [1.165, 1.54) is 5.56 Å². The predicted molar refractivity (Wildman–Crippen MR) is 55.4 cm³/mol. The maximum Gasteiger partial charge on any atom is 0.309 e. The van der Waals surface area contributed by atoms with Crippen molar-refractivity contribution in [3.05, 3.63) is 29.6 Å². The summed E-state index contributed by atoms with van der Waals surface area (Å²) < 4.78 is 0. The Morgan fingerprint density at radius 3 is 3.00 bits per heavy atom. The van der Waals surface area contributed by atoms with Crippen LogP contribution in [0.25, 0.3) is 0 Å². The highest BCUT2D eigenvalue weighted by Crippen LogP contribution is 2.19. The van der Waals surface area contributed by atoms with E-state index in [1.807, 2.05) is 19.2 Å². The van der Waals surface area contributed by atoms with Crippen LogP contribution < -0.4 is 0 Å². The van der Waals surface area contributed by atoms with E-state index in [4.69, 9.17) is 5.11 Å². The molecular formula is C11H14N2O2. The summed E-state index contributed by atoms with van der Waals surface area (Å²) in [5, 5.41) is 8.74. The monoisotopic (exact) mass is 206 g/mol. The minimum atomic E-state index is -0.683. The Balaban J connectivity index is 1.90. The second-order valence-electron chi connectivity index (χ2n) is 4.03. The highest BCUT2D eigenvalue weighted by Gasteiger charge is 2.32. The molecule has 4 nitrogen and oxygen atoms in total. The average molecular weight is 206 g/mol. The Labute approximate surface area is 88.6 Å². The summed E-state index contributed by atoms with van der Waals surface area (Å²) in [6.07, 6.45) is 3.61. The normalized spacial score (nSPS) is 17.4. The molecule has 4 heteroatoms. The number of aromatic nitrogens is 1. The van der Waals surface area contributed by atoms with E-state index >= 15 is 0 Å². The van der Waals surface area contributed by atoms with Crippen LogP contribution in [0, 0.1) is 12.8 Å². The van der Waals surface area contributed by atoms with Gasteiger partial charge in [-0.3, -0.25) is 14.7 Å². The molecule has 0 unspecified atom stereocenters. The minimum Gasteiger partial charge on any atom is -0.481 e. The molecule has 0 saturated carbocycles. The molecule has 2 heterocycles. The topological polar surface area (TPSA) is 53.4 Å². The molecule has 1 saturated heterocycles. The maximum atomic E-state index is 10.6. The zero-order chi connectivity index (χ0) is 10.8. The summed E-state index contributed by atoms with van der Waals surface area (Å²) in [5.74, 6) is -0.857. The Kier molecular flexibility index (Phi) is 2.68. The molecule has 0 spiro atoms. The number of likely N-dealkylation sites (tertiary alicyclic amines) is 1. The van der Waals surface area contributed by atoms with Crippen LogP contribution in [0.5, 0.6) is 0 Å². The molecule has 0 aliphatic carbocycles. The van der Waals surface area contributed by atoms with Gasteiger partial charge in [-0.1, -0.05) is 0 Å². The lowest BCUT2D eigenvalue weighted by atomic mass is 9.99. The number of carbonyl (C=O) groups is 1. The molecule has 0 bridgehead atoms. The van der Waals surface area contributed by atoms with E-state index in [9.17, 15) is 4.79 Å². The fourth-order valence-electron chi connectivity index (χ4n) is 1.78. The number of aryl methyl sites for hydroxylation is 1. The molecule has 80 valence electrons. The van der Waals surface area contributed by atoms with Crippen molar-refractivity contribution in [2.75, 3.05) is 13.1 Å². The molecule has 1 aliphatic rings. The third kappa shape index (κ3) is 2.15. The fourth-order valence-corrected chi connectivity index (χ4v) is 1.78. The van der Waals surface area contributed by atoms with Crippen LogP contribution in [0.3, 0.4) is 0 Å². The van der Waals surface area contributed by atoms with Crippen molar-refractivity contribution < 1.29 is 9.90 Å². The van der Waals surface area contributed by atoms with Gasteiger partial charge in [0, 0.05) is 32.0 Å². The van der Waals surface area contributed by atoms with Crippen molar-refractivity contribution in [3.8, 4) is 0 Å². The second-order valence-corrected chi connectivity index (χ2v) is 4.03. The van der Waals surface area contributed by atoms with Crippen LogP contribution in [0.15, 0.2) is 18.5 Å². The molecule has 1 aliphatic heterocycles. The Bertz CT molecular complexity index is 373. The summed E-state index contributed by atoms with van der Waals surface area (Å²) in [4.78, 5) is 16.8. The van der Waals surface area contributed by atoms with Gasteiger partial charge in [0.05, 0.1) is 5.92 Å². The van der Waals surface area contributed by atoms with Crippen LogP contribution >= 0.6 is 0 Å². The minimum absolute atomic E-state index is 0.174. The Morgan fingerprint density at radius 1 is 1.67 bits per heavy atom. The van der Waals surface area contributed by atoms with Crippen LogP contribution in [0.4, 0.5) is 0 Å². The van der Waals surface area contributed by atoms with Gasteiger partial charge in [0.25, 0.3) is 0 Å². The molecule has 0 amide bonds. The van der Waals surface area contributed by atoms with E-state index in [0.29, 0.717) is 13.1 Å². The standard InChI is InChI=1S/C11H14N2O2/c1-8-4-12-3-2-9(8)5-13-6-10(7-13)11(14)15/h2-4,10H,5-7H2,1H3,(H,14,15). The lowest BCUT2D eigenvalue weighted by Crippen LogP contribution is -2.49. The largest absolute Gasteiger partial charge is 0.481 e. The number of carboxylic acids is 1. The molecule has 0 radical (unpaired) electrons. The number of rotatable bonds is 3. The Morgan fingerprint density at radius 2 is 2.40 bits per heavy atom. The van der Waals surface area contributed by atoms with Gasteiger partial charge < -0.3 is 5.11 Å². The zero-order valence-corrected chi connectivity index (χ0v) is 8.68. The SMILES string of the molecule is Cc1cnccc1CN1CC(C(=O)O)C1. The third-order valence-corrected chi connectivity index (χ3v) is 2.84. The molecule has 1 aromatic rings. The van der Waals surface area contributed by atoms with E-state index in [2.05, 4.69) is 9.88 Å². The number of pyridine rings is 1. The molecule has 0 atom stereocenters. The first-order valence-electron chi connectivity index (χ1n) is 5.01. The number of hydrogen-bond donors (Lipinski definition) is 1. The number of aliphatic carboxylic acids is 1. The van der Waals surface area contributed by atoms with Crippen LogP contribution in [-0.2, 0) is 11.3 Å². The summed E-state index contributed by atoms with van der Waals surface area (Å²) in [6.45, 7) is 4.18. The highest BCUT2D eigenvalue weighted by molar-refractivity contribution is 5.71. The van der Waals surface area contributed by atoms with Gasteiger partial charge in [-0.15, -0.1) is 0 Å². The van der Waals surface area contributed by atoms with Gasteiger partial charge in [-0.25, -0.2) is 0 Å². The van der Waals surface area contributed by atoms with E-state index in [-0.39, 0.29) is 5.92 Å². The van der Waals surface area contributed by atoms with Crippen molar-refractivity contribution >= 4 is 5.97 Å². The quantitative estimate of drug-likeness (QED) is 0.798.